The number of carbonyl (C=O) groups excluding carboxylic acids is 1. The van der Waals surface area contributed by atoms with Crippen LogP contribution in [0, 0.1) is 0 Å². The molecule has 5 N–H and O–H groups in total. The van der Waals surface area contributed by atoms with Gasteiger partial charge in [0.1, 0.15) is 12.2 Å². The molecule has 6 nitrogen and oxygen atoms in total. The molecule has 0 aliphatic rings. The third-order valence-electron chi connectivity index (χ3n) is 16.4. The van der Waals surface area contributed by atoms with Crippen LogP contribution in [0.2, 0.25) is 0 Å². The molecule has 0 fully saturated rings. The monoisotopic (exact) mass is 1060 g/mol. The summed E-state index contributed by atoms with van der Waals surface area (Å²) in [5.74, 6) is -0.586. The Morgan fingerprint density at radius 1 is 0.320 bits per heavy atom. The quantitative estimate of drug-likeness (QED) is 0.0308. The average Bonchev–Trinajstić information content (AvgIpc) is 3.42. The van der Waals surface area contributed by atoms with E-state index in [9.17, 15) is 25.2 Å². The van der Waals surface area contributed by atoms with Crippen molar-refractivity contribution in [3.05, 3.63) is 24.3 Å². The average molecular weight is 1060 g/mol. The molecule has 0 aromatic heterocycles. The number of unbranched alkanes of at least 4 members (excludes halogenated alkanes) is 51. The maximum atomic E-state index is 12.6. The third-order valence-corrected chi connectivity index (χ3v) is 16.4. The van der Waals surface area contributed by atoms with E-state index in [0.29, 0.717) is 12.8 Å². The Morgan fingerprint density at radius 2 is 0.547 bits per heavy atom. The van der Waals surface area contributed by atoms with Gasteiger partial charge in [-0.3, -0.25) is 4.79 Å². The summed E-state index contributed by atoms with van der Waals surface area (Å²) in [6.45, 7) is 4.10. The van der Waals surface area contributed by atoms with Crippen LogP contribution in [0.1, 0.15) is 380 Å². The number of rotatable bonds is 64. The van der Waals surface area contributed by atoms with E-state index < -0.39 is 36.9 Å². The first kappa shape index (κ1) is 73.8. The number of amides is 1. The fourth-order valence-corrected chi connectivity index (χ4v) is 11.1. The molecule has 0 rings (SSSR count). The molecular formula is C69H135NO5. The van der Waals surface area contributed by atoms with Gasteiger partial charge in [0.05, 0.1) is 18.8 Å². The second kappa shape index (κ2) is 63.6. The summed E-state index contributed by atoms with van der Waals surface area (Å²) < 4.78 is 0. The van der Waals surface area contributed by atoms with E-state index in [2.05, 4.69) is 43.5 Å². The van der Waals surface area contributed by atoms with Gasteiger partial charge in [-0.15, -0.1) is 0 Å². The standard InChI is InChI=1S/C69H135NO5/c1-3-5-7-9-11-13-15-17-19-21-23-25-27-28-29-30-31-32-33-34-35-36-37-38-39-41-43-45-47-49-51-53-55-57-59-61-63-67(73)69(75)70-65(64-71)68(74)66(72)62-60-58-56-54-52-50-48-46-44-42-40-26-24-22-20-18-16-14-12-10-8-6-4-2/h32-33,54,56,65-68,71-74H,3-31,34-53,55,57-64H2,1-2H3,(H,70,75)/b33-32-,56-54+. The van der Waals surface area contributed by atoms with Gasteiger partial charge in [0, 0.05) is 0 Å². The van der Waals surface area contributed by atoms with Crippen LogP contribution in [-0.4, -0.2) is 57.3 Å². The van der Waals surface area contributed by atoms with E-state index in [0.717, 1.165) is 38.5 Å². The van der Waals surface area contributed by atoms with Crippen molar-refractivity contribution in [1.82, 2.24) is 5.32 Å². The van der Waals surface area contributed by atoms with Gasteiger partial charge in [-0.2, -0.15) is 0 Å². The minimum absolute atomic E-state index is 0.367. The summed E-state index contributed by atoms with van der Waals surface area (Å²) in [5.41, 5.74) is 0. The predicted molar refractivity (Wildman–Crippen MR) is 330 cm³/mol. The van der Waals surface area contributed by atoms with Crippen molar-refractivity contribution in [3.8, 4) is 0 Å². The normalized spacial score (nSPS) is 13.6. The van der Waals surface area contributed by atoms with Gasteiger partial charge in [0.25, 0.3) is 0 Å². The highest BCUT2D eigenvalue weighted by molar-refractivity contribution is 5.80. The molecule has 6 heteroatoms. The second-order valence-corrected chi connectivity index (χ2v) is 23.9. The zero-order valence-electron chi connectivity index (χ0n) is 50.8. The molecule has 0 aliphatic carbocycles. The van der Waals surface area contributed by atoms with E-state index >= 15 is 0 Å². The molecule has 0 radical (unpaired) electrons. The van der Waals surface area contributed by atoms with Crippen molar-refractivity contribution in [2.75, 3.05) is 6.61 Å². The van der Waals surface area contributed by atoms with Crippen molar-refractivity contribution in [2.45, 2.75) is 404 Å². The molecule has 0 bridgehead atoms. The van der Waals surface area contributed by atoms with Crippen molar-refractivity contribution < 1.29 is 25.2 Å². The molecule has 0 aliphatic heterocycles. The molecule has 0 aromatic rings. The van der Waals surface area contributed by atoms with E-state index in [1.807, 2.05) is 0 Å². The lowest BCUT2D eigenvalue weighted by molar-refractivity contribution is -0.132. The molecule has 0 saturated carbocycles. The van der Waals surface area contributed by atoms with Crippen LogP contribution in [-0.2, 0) is 4.79 Å². The van der Waals surface area contributed by atoms with Gasteiger partial charge in [-0.1, -0.05) is 340 Å². The first-order valence-electron chi connectivity index (χ1n) is 34.2. The summed E-state index contributed by atoms with van der Waals surface area (Å²) in [5, 5.41) is 44.1. The second-order valence-electron chi connectivity index (χ2n) is 23.9. The van der Waals surface area contributed by atoms with Crippen LogP contribution in [0.5, 0.6) is 0 Å². The molecule has 75 heavy (non-hydrogen) atoms. The Morgan fingerprint density at radius 3 is 0.800 bits per heavy atom. The number of hydrogen-bond acceptors (Lipinski definition) is 5. The fourth-order valence-electron chi connectivity index (χ4n) is 11.1. The Bertz CT molecular complexity index is 1140. The highest BCUT2D eigenvalue weighted by Crippen LogP contribution is 2.19. The van der Waals surface area contributed by atoms with Crippen molar-refractivity contribution in [2.24, 2.45) is 0 Å². The molecule has 4 unspecified atom stereocenters. The smallest absolute Gasteiger partial charge is 0.249 e. The van der Waals surface area contributed by atoms with Gasteiger partial charge in [-0.05, 0) is 64.2 Å². The van der Waals surface area contributed by atoms with E-state index in [1.54, 1.807) is 0 Å². The van der Waals surface area contributed by atoms with Crippen LogP contribution in [0.15, 0.2) is 24.3 Å². The minimum Gasteiger partial charge on any atom is -0.394 e. The Hall–Kier alpha value is -1.21. The minimum atomic E-state index is -1.28. The van der Waals surface area contributed by atoms with Crippen LogP contribution < -0.4 is 5.32 Å². The first-order valence-corrected chi connectivity index (χ1v) is 34.2. The maximum absolute atomic E-state index is 12.6. The van der Waals surface area contributed by atoms with Gasteiger partial charge in [0.2, 0.25) is 5.91 Å². The lowest BCUT2D eigenvalue weighted by Crippen LogP contribution is -2.53. The van der Waals surface area contributed by atoms with Crippen LogP contribution >= 0.6 is 0 Å². The van der Waals surface area contributed by atoms with Gasteiger partial charge < -0.3 is 25.7 Å². The highest BCUT2D eigenvalue weighted by Gasteiger charge is 2.28. The van der Waals surface area contributed by atoms with E-state index in [4.69, 9.17) is 0 Å². The molecule has 0 saturated heterocycles. The molecule has 446 valence electrons. The highest BCUT2D eigenvalue weighted by atomic mass is 16.3. The zero-order chi connectivity index (χ0) is 54.4. The number of hydrogen-bond donors (Lipinski definition) is 5. The molecule has 4 atom stereocenters. The molecule has 1 amide bonds. The topological polar surface area (TPSA) is 110 Å². The summed E-state index contributed by atoms with van der Waals surface area (Å²) in [7, 11) is 0. The zero-order valence-corrected chi connectivity index (χ0v) is 50.8. The molecular weight excluding hydrogens is 923 g/mol. The van der Waals surface area contributed by atoms with Crippen LogP contribution in [0.4, 0.5) is 0 Å². The van der Waals surface area contributed by atoms with E-state index in [-0.39, 0.29) is 0 Å². The van der Waals surface area contributed by atoms with Crippen molar-refractivity contribution in [3.63, 3.8) is 0 Å². The molecule has 0 aromatic carbocycles. The Labute approximate surface area is 469 Å². The van der Waals surface area contributed by atoms with Gasteiger partial charge in [0.15, 0.2) is 0 Å². The van der Waals surface area contributed by atoms with Gasteiger partial charge in [-0.25, -0.2) is 0 Å². The van der Waals surface area contributed by atoms with Crippen LogP contribution in [0.3, 0.4) is 0 Å². The van der Waals surface area contributed by atoms with Gasteiger partial charge >= 0.3 is 0 Å². The number of aliphatic hydroxyl groups is 4. The maximum Gasteiger partial charge on any atom is 0.249 e. The summed E-state index contributed by atoms with van der Waals surface area (Å²) in [6.07, 6.45) is 80.2. The third kappa shape index (κ3) is 57.3. The summed E-state index contributed by atoms with van der Waals surface area (Å²) in [4.78, 5) is 12.6. The molecule has 0 heterocycles. The Balaban J connectivity index is 3.54. The molecule has 0 spiro atoms. The predicted octanol–water partition coefficient (Wildman–Crippen LogP) is 20.9. The number of carbonyl (C=O) groups is 1. The largest absolute Gasteiger partial charge is 0.394 e. The number of nitrogens with one attached hydrogen (secondary N) is 1. The van der Waals surface area contributed by atoms with Crippen molar-refractivity contribution >= 4 is 5.91 Å². The SMILES string of the molecule is CCCCCCCCCCCCCCCCCC/C=C\CCCCCCCCCCCCCCCCCCC(O)C(=O)NC(CO)C(O)C(O)CCC/C=C/CCCCCCCCCCCCCCCCCCCC. The number of allylic oxidation sites excluding steroid dienone is 4. The first-order chi connectivity index (χ1) is 37.0. The Kier molecular flexibility index (Phi) is 62.6. The fraction of sp³-hybridized carbons (Fsp3) is 0.928. The lowest BCUT2D eigenvalue weighted by atomic mass is 10.00. The lowest BCUT2D eigenvalue weighted by Gasteiger charge is -2.27. The van der Waals surface area contributed by atoms with Crippen LogP contribution in [0.25, 0.3) is 0 Å². The van der Waals surface area contributed by atoms with E-state index in [1.165, 1.54) is 315 Å². The van der Waals surface area contributed by atoms with Crippen molar-refractivity contribution in [1.29, 1.82) is 0 Å². The number of aliphatic hydroxyl groups excluding tert-OH is 4. The summed E-state index contributed by atoms with van der Waals surface area (Å²) in [6, 6.07) is -1.00. The summed E-state index contributed by atoms with van der Waals surface area (Å²) >= 11 is 0.